The van der Waals surface area contributed by atoms with Crippen LogP contribution in [0.25, 0.3) is 0 Å². The maximum Gasteiger partial charge on any atom is 0.0458 e. The summed E-state index contributed by atoms with van der Waals surface area (Å²) in [6.45, 7) is 1.72. The van der Waals surface area contributed by atoms with Crippen molar-refractivity contribution < 1.29 is 0 Å². The van der Waals surface area contributed by atoms with Crippen molar-refractivity contribution in [3.63, 3.8) is 0 Å². The van der Waals surface area contributed by atoms with E-state index in [1.165, 1.54) is 11.1 Å². The van der Waals surface area contributed by atoms with Gasteiger partial charge in [-0.15, -0.1) is 0 Å². The van der Waals surface area contributed by atoms with Crippen molar-refractivity contribution in [2.45, 2.75) is 13.1 Å². The summed E-state index contributed by atoms with van der Waals surface area (Å²) in [4.78, 5) is 0. The lowest BCUT2D eigenvalue weighted by Gasteiger charge is -2.06. The Balaban J connectivity index is 1.88. The SMILES string of the molecule is Nc1ccc(CNCc2ccccc2)cc1Br. The van der Waals surface area contributed by atoms with Crippen LogP contribution in [0, 0.1) is 0 Å². The highest BCUT2D eigenvalue weighted by atomic mass is 79.9. The number of anilines is 1. The molecule has 2 nitrogen and oxygen atoms in total. The Hall–Kier alpha value is -1.32. The summed E-state index contributed by atoms with van der Waals surface area (Å²) in [6, 6.07) is 16.4. The van der Waals surface area contributed by atoms with Gasteiger partial charge in [-0.1, -0.05) is 36.4 Å². The summed E-state index contributed by atoms with van der Waals surface area (Å²) in [5.74, 6) is 0. The van der Waals surface area contributed by atoms with Gasteiger partial charge in [0.25, 0.3) is 0 Å². The smallest absolute Gasteiger partial charge is 0.0458 e. The second-order valence-electron chi connectivity index (χ2n) is 3.95. The van der Waals surface area contributed by atoms with Crippen LogP contribution in [0.4, 0.5) is 5.69 Å². The molecule has 0 saturated carbocycles. The molecule has 0 atom stereocenters. The normalized spacial score (nSPS) is 10.4. The first kappa shape index (κ1) is 12.1. The first-order valence-electron chi connectivity index (χ1n) is 5.54. The van der Waals surface area contributed by atoms with Crippen LogP contribution in [0.15, 0.2) is 53.0 Å². The van der Waals surface area contributed by atoms with Gasteiger partial charge >= 0.3 is 0 Å². The number of nitrogens with two attached hydrogens (primary N) is 1. The molecule has 88 valence electrons. The Labute approximate surface area is 110 Å². The van der Waals surface area contributed by atoms with Crippen molar-refractivity contribution >= 4 is 21.6 Å². The monoisotopic (exact) mass is 290 g/mol. The number of benzene rings is 2. The Morgan fingerprint density at radius 2 is 1.65 bits per heavy atom. The van der Waals surface area contributed by atoms with Gasteiger partial charge in [0.1, 0.15) is 0 Å². The molecule has 0 aliphatic rings. The zero-order chi connectivity index (χ0) is 12.1. The molecule has 0 fully saturated rings. The summed E-state index contributed by atoms with van der Waals surface area (Å²) >= 11 is 3.43. The van der Waals surface area contributed by atoms with Crippen LogP contribution >= 0.6 is 15.9 Å². The standard InChI is InChI=1S/C14H15BrN2/c15-13-8-12(6-7-14(13)16)10-17-9-11-4-2-1-3-5-11/h1-8,17H,9-10,16H2. The quantitative estimate of drug-likeness (QED) is 0.848. The van der Waals surface area contributed by atoms with E-state index < -0.39 is 0 Å². The molecule has 3 heteroatoms. The Morgan fingerprint density at radius 3 is 2.35 bits per heavy atom. The van der Waals surface area contributed by atoms with Crippen LogP contribution in [0.2, 0.25) is 0 Å². The molecule has 2 aromatic rings. The molecule has 2 aromatic carbocycles. The lowest BCUT2D eigenvalue weighted by molar-refractivity contribution is 0.693. The Morgan fingerprint density at radius 1 is 0.941 bits per heavy atom. The van der Waals surface area contributed by atoms with E-state index in [-0.39, 0.29) is 0 Å². The third-order valence-corrected chi connectivity index (χ3v) is 3.25. The largest absolute Gasteiger partial charge is 0.398 e. The topological polar surface area (TPSA) is 38.0 Å². The van der Waals surface area contributed by atoms with Crippen LogP contribution in [0.1, 0.15) is 11.1 Å². The average molecular weight is 291 g/mol. The molecular formula is C14H15BrN2. The van der Waals surface area contributed by atoms with Crippen LogP contribution in [-0.2, 0) is 13.1 Å². The molecule has 3 N–H and O–H groups in total. The highest BCUT2D eigenvalue weighted by molar-refractivity contribution is 9.10. The fourth-order valence-corrected chi connectivity index (χ4v) is 2.05. The highest BCUT2D eigenvalue weighted by Gasteiger charge is 1.98. The molecule has 2 rings (SSSR count). The van der Waals surface area contributed by atoms with Gasteiger partial charge in [-0.2, -0.15) is 0 Å². The lowest BCUT2D eigenvalue weighted by Crippen LogP contribution is -2.12. The van der Waals surface area contributed by atoms with Gasteiger partial charge in [0.05, 0.1) is 0 Å². The number of hydrogen-bond donors (Lipinski definition) is 2. The molecule has 0 aromatic heterocycles. The fourth-order valence-electron chi connectivity index (χ4n) is 1.63. The van der Waals surface area contributed by atoms with Crippen molar-refractivity contribution in [2.75, 3.05) is 5.73 Å². The number of hydrogen-bond acceptors (Lipinski definition) is 2. The molecule has 0 unspecified atom stereocenters. The molecule has 0 heterocycles. The second-order valence-corrected chi connectivity index (χ2v) is 4.80. The van der Waals surface area contributed by atoms with E-state index in [4.69, 9.17) is 5.73 Å². The predicted molar refractivity (Wildman–Crippen MR) is 75.5 cm³/mol. The zero-order valence-electron chi connectivity index (χ0n) is 9.49. The summed E-state index contributed by atoms with van der Waals surface area (Å²) in [5, 5.41) is 3.40. The van der Waals surface area contributed by atoms with Crippen molar-refractivity contribution in [1.29, 1.82) is 0 Å². The van der Waals surface area contributed by atoms with Crippen molar-refractivity contribution in [3.8, 4) is 0 Å². The Kier molecular flexibility index (Phi) is 4.18. The predicted octanol–water partition coefficient (Wildman–Crippen LogP) is 3.32. The minimum absolute atomic E-state index is 0.775. The summed E-state index contributed by atoms with van der Waals surface area (Å²) in [5.41, 5.74) is 9.03. The molecule has 0 spiro atoms. The van der Waals surface area contributed by atoms with Crippen LogP contribution in [0.5, 0.6) is 0 Å². The first-order chi connectivity index (χ1) is 8.25. The van der Waals surface area contributed by atoms with Gasteiger partial charge in [0.2, 0.25) is 0 Å². The maximum absolute atomic E-state index is 5.74. The molecule has 0 aliphatic carbocycles. The van der Waals surface area contributed by atoms with Crippen molar-refractivity contribution in [2.24, 2.45) is 0 Å². The molecule has 0 aliphatic heterocycles. The minimum Gasteiger partial charge on any atom is -0.398 e. The summed E-state index contributed by atoms with van der Waals surface area (Å²) < 4.78 is 0.955. The van der Waals surface area contributed by atoms with Gasteiger partial charge < -0.3 is 11.1 Å². The van der Waals surface area contributed by atoms with Crippen molar-refractivity contribution in [1.82, 2.24) is 5.32 Å². The number of nitrogens with one attached hydrogen (secondary N) is 1. The lowest BCUT2D eigenvalue weighted by atomic mass is 10.2. The fraction of sp³-hybridized carbons (Fsp3) is 0.143. The minimum atomic E-state index is 0.775. The van der Waals surface area contributed by atoms with E-state index in [9.17, 15) is 0 Å². The van der Waals surface area contributed by atoms with Crippen LogP contribution < -0.4 is 11.1 Å². The molecule has 17 heavy (non-hydrogen) atoms. The maximum atomic E-state index is 5.74. The van der Waals surface area contributed by atoms with E-state index in [2.05, 4.69) is 45.5 Å². The number of nitrogen functional groups attached to an aromatic ring is 1. The number of halogens is 1. The van der Waals surface area contributed by atoms with E-state index in [0.29, 0.717) is 0 Å². The van der Waals surface area contributed by atoms with Gasteiger partial charge in [0, 0.05) is 23.2 Å². The summed E-state index contributed by atoms with van der Waals surface area (Å²) in [7, 11) is 0. The molecule has 0 amide bonds. The van der Waals surface area contributed by atoms with E-state index in [1.54, 1.807) is 0 Å². The zero-order valence-corrected chi connectivity index (χ0v) is 11.1. The highest BCUT2D eigenvalue weighted by Crippen LogP contribution is 2.20. The van der Waals surface area contributed by atoms with Crippen molar-refractivity contribution in [3.05, 3.63) is 64.1 Å². The van der Waals surface area contributed by atoms with Gasteiger partial charge in [-0.05, 0) is 39.2 Å². The average Bonchev–Trinajstić information content (AvgIpc) is 2.35. The molecule has 0 saturated heterocycles. The number of rotatable bonds is 4. The van der Waals surface area contributed by atoms with Gasteiger partial charge in [0.15, 0.2) is 0 Å². The molecule has 0 bridgehead atoms. The Bertz CT molecular complexity index is 483. The molecular weight excluding hydrogens is 276 g/mol. The third kappa shape index (κ3) is 3.58. The van der Waals surface area contributed by atoms with Crippen LogP contribution in [0.3, 0.4) is 0 Å². The van der Waals surface area contributed by atoms with Gasteiger partial charge in [-0.3, -0.25) is 0 Å². The van der Waals surface area contributed by atoms with Gasteiger partial charge in [-0.25, -0.2) is 0 Å². The summed E-state index contributed by atoms with van der Waals surface area (Å²) in [6.07, 6.45) is 0. The van der Waals surface area contributed by atoms with Crippen LogP contribution in [-0.4, -0.2) is 0 Å². The third-order valence-electron chi connectivity index (χ3n) is 2.57. The second kappa shape index (κ2) is 5.84. The first-order valence-corrected chi connectivity index (χ1v) is 6.33. The van der Waals surface area contributed by atoms with E-state index >= 15 is 0 Å². The molecule has 0 radical (unpaired) electrons. The van der Waals surface area contributed by atoms with E-state index in [0.717, 1.165) is 23.2 Å². The van der Waals surface area contributed by atoms with E-state index in [1.807, 2.05) is 24.3 Å².